The van der Waals surface area contributed by atoms with Crippen molar-refractivity contribution in [1.82, 2.24) is 0 Å². The van der Waals surface area contributed by atoms with Crippen molar-refractivity contribution in [2.45, 2.75) is 58.3 Å². The van der Waals surface area contributed by atoms with E-state index in [1.807, 2.05) is 18.2 Å². The molecule has 0 atom stereocenters. The van der Waals surface area contributed by atoms with Gasteiger partial charge in [0.15, 0.2) is 6.79 Å². The van der Waals surface area contributed by atoms with Crippen molar-refractivity contribution in [2.24, 2.45) is 0 Å². The molecule has 1 N–H and O–H groups in total. The average molecular weight is 278 g/mol. The van der Waals surface area contributed by atoms with Crippen LogP contribution >= 0.6 is 0 Å². The number of para-hydroxylation sites is 1. The smallest absolute Gasteiger partial charge is 0.186 e. The molecule has 1 aromatic carbocycles. The Morgan fingerprint density at radius 3 is 2.40 bits per heavy atom. The number of benzene rings is 1. The SMILES string of the molecule is CC(=O)CCCCCCCCc1ccccc1OCO. The van der Waals surface area contributed by atoms with Gasteiger partial charge >= 0.3 is 0 Å². The highest BCUT2D eigenvalue weighted by Crippen LogP contribution is 2.20. The van der Waals surface area contributed by atoms with E-state index >= 15 is 0 Å². The lowest BCUT2D eigenvalue weighted by atomic mass is 10.0. The minimum Gasteiger partial charge on any atom is -0.467 e. The number of ketones is 1. The fraction of sp³-hybridized carbons (Fsp3) is 0.588. The molecule has 0 aliphatic carbocycles. The van der Waals surface area contributed by atoms with Crippen molar-refractivity contribution in [3.05, 3.63) is 29.8 Å². The Kier molecular flexibility index (Phi) is 8.72. The number of hydrogen-bond acceptors (Lipinski definition) is 3. The molecule has 112 valence electrons. The van der Waals surface area contributed by atoms with Gasteiger partial charge in [-0.25, -0.2) is 0 Å². The molecular formula is C17H26O3. The number of carbonyl (C=O) groups excluding carboxylic acids is 1. The van der Waals surface area contributed by atoms with E-state index in [4.69, 9.17) is 9.84 Å². The van der Waals surface area contributed by atoms with Gasteiger partial charge in [0.1, 0.15) is 11.5 Å². The van der Waals surface area contributed by atoms with Crippen molar-refractivity contribution in [2.75, 3.05) is 6.79 Å². The highest BCUT2D eigenvalue weighted by Gasteiger charge is 2.02. The summed E-state index contributed by atoms with van der Waals surface area (Å²) < 4.78 is 5.19. The summed E-state index contributed by atoms with van der Waals surface area (Å²) in [6, 6.07) is 7.87. The number of aliphatic hydroxyl groups is 1. The number of aliphatic hydroxyl groups excluding tert-OH is 1. The molecule has 0 aliphatic heterocycles. The van der Waals surface area contributed by atoms with Crippen LogP contribution in [0.5, 0.6) is 5.75 Å². The van der Waals surface area contributed by atoms with Gasteiger partial charge in [-0.3, -0.25) is 0 Å². The molecule has 20 heavy (non-hydrogen) atoms. The van der Waals surface area contributed by atoms with Gasteiger partial charge in [-0.2, -0.15) is 0 Å². The normalized spacial score (nSPS) is 10.5. The third kappa shape index (κ3) is 7.29. The number of Topliss-reactive ketones (excluding diaryl/α,β-unsaturated/α-hetero) is 1. The van der Waals surface area contributed by atoms with Gasteiger partial charge in [-0.1, -0.05) is 43.9 Å². The van der Waals surface area contributed by atoms with Crippen molar-refractivity contribution in [1.29, 1.82) is 0 Å². The summed E-state index contributed by atoms with van der Waals surface area (Å²) in [5.74, 6) is 1.09. The summed E-state index contributed by atoms with van der Waals surface area (Å²) in [4.78, 5) is 10.8. The number of rotatable bonds is 11. The second kappa shape index (κ2) is 10.4. The molecule has 0 aromatic heterocycles. The Hall–Kier alpha value is -1.35. The highest BCUT2D eigenvalue weighted by molar-refractivity contribution is 5.75. The summed E-state index contributed by atoms with van der Waals surface area (Å²) in [7, 11) is 0. The molecule has 1 aromatic rings. The third-order valence-corrected chi connectivity index (χ3v) is 3.42. The Morgan fingerprint density at radius 2 is 1.70 bits per heavy atom. The molecule has 0 heterocycles. The lowest BCUT2D eigenvalue weighted by Gasteiger charge is -2.09. The lowest BCUT2D eigenvalue weighted by Crippen LogP contribution is -1.98. The quantitative estimate of drug-likeness (QED) is 0.493. The van der Waals surface area contributed by atoms with Crippen molar-refractivity contribution in [3.8, 4) is 5.75 Å². The van der Waals surface area contributed by atoms with Gasteiger partial charge in [0.2, 0.25) is 0 Å². The molecule has 0 saturated heterocycles. The molecule has 0 radical (unpaired) electrons. The first-order chi connectivity index (χ1) is 9.74. The van der Waals surface area contributed by atoms with E-state index in [-0.39, 0.29) is 6.79 Å². The standard InChI is InChI=1S/C17H26O3/c1-15(19)10-6-4-2-3-5-7-11-16-12-8-9-13-17(16)20-14-18/h8-9,12-13,18H,2-7,10-11,14H2,1H3. The summed E-state index contributed by atoms with van der Waals surface area (Å²) in [5.41, 5.74) is 1.16. The minimum absolute atomic E-state index is 0.271. The number of ether oxygens (including phenoxy) is 1. The van der Waals surface area contributed by atoms with Gasteiger partial charge < -0.3 is 14.6 Å². The molecule has 0 spiro atoms. The van der Waals surface area contributed by atoms with E-state index in [0.29, 0.717) is 5.78 Å². The highest BCUT2D eigenvalue weighted by atomic mass is 16.6. The van der Waals surface area contributed by atoms with Gasteiger partial charge in [0, 0.05) is 6.42 Å². The molecule has 0 bridgehead atoms. The topological polar surface area (TPSA) is 46.5 Å². The van der Waals surface area contributed by atoms with Gasteiger partial charge in [0.05, 0.1) is 0 Å². The second-order valence-electron chi connectivity index (χ2n) is 5.20. The number of carbonyl (C=O) groups is 1. The molecule has 3 nitrogen and oxygen atoms in total. The van der Waals surface area contributed by atoms with Crippen LogP contribution in [-0.4, -0.2) is 17.7 Å². The Bertz CT molecular complexity index is 388. The Balaban J connectivity index is 2.10. The molecular weight excluding hydrogens is 252 g/mol. The van der Waals surface area contributed by atoms with Crippen molar-refractivity contribution < 1.29 is 14.6 Å². The maximum Gasteiger partial charge on any atom is 0.186 e. The maximum absolute atomic E-state index is 10.8. The van der Waals surface area contributed by atoms with E-state index in [0.717, 1.165) is 43.4 Å². The van der Waals surface area contributed by atoms with E-state index in [2.05, 4.69) is 6.07 Å². The maximum atomic E-state index is 10.8. The van der Waals surface area contributed by atoms with Gasteiger partial charge in [-0.15, -0.1) is 0 Å². The zero-order valence-electron chi connectivity index (χ0n) is 12.4. The summed E-state index contributed by atoms with van der Waals surface area (Å²) in [6.07, 6.45) is 8.68. The molecule has 0 saturated carbocycles. The van der Waals surface area contributed by atoms with Crippen LogP contribution in [0.3, 0.4) is 0 Å². The number of unbranched alkanes of at least 4 members (excludes halogenated alkanes) is 5. The molecule has 3 heteroatoms. The van der Waals surface area contributed by atoms with Crippen LogP contribution in [-0.2, 0) is 11.2 Å². The second-order valence-corrected chi connectivity index (χ2v) is 5.20. The minimum atomic E-state index is -0.271. The largest absolute Gasteiger partial charge is 0.467 e. The first-order valence-electron chi connectivity index (χ1n) is 7.55. The molecule has 0 unspecified atom stereocenters. The fourth-order valence-electron chi connectivity index (χ4n) is 2.32. The van der Waals surface area contributed by atoms with E-state index in [9.17, 15) is 4.79 Å². The molecule has 1 rings (SSSR count). The first-order valence-corrected chi connectivity index (χ1v) is 7.55. The number of hydrogen-bond donors (Lipinski definition) is 1. The van der Waals surface area contributed by atoms with Crippen LogP contribution in [0.25, 0.3) is 0 Å². The molecule has 0 fully saturated rings. The Morgan fingerprint density at radius 1 is 1.05 bits per heavy atom. The van der Waals surface area contributed by atoms with Crippen molar-refractivity contribution in [3.63, 3.8) is 0 Å². The monoisotopic (exact) mass is 278 g/mol. The van der Waals surface area contributed by atoms with Gasteiger partial charge in [-0.05, 0) is 37.8 Å². The first kappa shape index (κ1) is 16.7. The zero-order valence-corrected chi connectivity index (χ0v) is 12.4. The molecule has 0 aliphatic rings. The van der Waals surface area contributed by atoms with E-state index < -0.39 is 0 Å². The van der Waals surface area contributed by atoms with Crippen LogP contribution < -0.4 is 4.74 Å². The number of aryl methyl sites for hydroxylation is 1. The van der Waals surface area contributed by atoms with Crippen LogP contribution in [0.4, 0.5) is 0 Å². The zero-order chi connectivity index (χ0) is 14.6. The summed E-state index contributed by atoms with van der Waals surface area (Å²) >= 11 is 0. The summed E-state index contributed by atoms with van der Waals surface area (Å²) in [5, 5.41) is 8.83. The third-order valence-electron chi connectivity index (χ3n) is 3.42. The average Bonchev–Trinajstić information content (AvgIpc) is 2.43. The van der Waals surface area contributed by atoms with Crippen LogP contribution in [0, 0.1) is 0 Å². The lowest BCUT2D eigenvalue weighted by molar-refractivity contribution is -0.117. The van der Waals surface area contributed by atoms with E-state index in [1.54, 1.807) is 6.92 Å². The van der Waals surface area contributed by atoms with Crippen molar-refractivity contribution >= 4 is 5.78 Å². The fourth-order valence-corrected chi connectivity index (χ4v) is 2.32. The predicted octanol–water partition coefficient (Wildman–Crippen LogP) is 3.88. The Labute approximate surface area is 122 Å². The summed E-state index contributed by atoms with van der Waals surface area (Å²) in [6.45, 7) is 1.39. The molecule has 0 amide bonds. The van der Waals surface area contributed by atoms with E-state index in [1.165, 1.54) is 19.3 Å². The van der Waals surface area contributed by atoms with Gasteiger partial charge in [0.25, 0.3) is 0 Å². The van der Waals surface area contributed by atoms with Crippen LogP contribution in [0.1, 0.15) is 57.4 Å². The predicted molar refractivity (Wildman–Crippen MR) is 80.9 cm³/mol. The van der Waals surface area contributed by atoms with Crippen LogP contribution in [0.15, 0.2) is 24.3 Å². The van der Waals surface area contributed by atoms with Crippen LogP contribution in [0.2, 0.25) is 0 Å².